The van der Waals surface area contributed by atoms with Gasteiger partial charge in [0.25, 0.3) is 10.1 Å². The first-order valence-corrected chi connectivity index (χ1v) is 11.7. The Balaban J connectivity index is 0.00000420. The molecule has 1 unspecified atom stereocenters. The fourth-order valence-electron chi connectivity index (χ4n) is 3.62. The van der Waals surface area contributed by atoms with E-state index in [-0.39, 0.29) is 55.3 Å². The Bertz CT molecular complexity index is 1040. The molecule has 0 bridgehead atoms. The van der Waals surface area contributed by atoms with Crippen LogP contribution in [0.5, 0.6) is 0 Å². The van der Waals surface area contributed by atoms with E-state index in [1.165, 1.54) is 18.2 Å². The van der Waals surface area contributed by atoms with E-state index < -0.39 is 37.4 Å². The fraction of sp³-hybridized carbons (Fsp3) is 0.529. The molecule has 0 saturated heterocycles. The Labute approximate surface area is 194 Å². The molecule has 29 heavy (non-hydrogen) atoms. The molecule has 0 amide bonds. The van der Waals surface area contributed by atoms with Gasteiger partial charge in [-0.1, -0.05) is 0 Å². The first kappa shape index (κ1) is 26.2. The van der Waals surface area contributed by atoms with Crippen LogP contribution in [-0.2, 0) is 30.4 Å². The molecule has 1 heterocycles. The van der Waals surface area contributed by atoms with Gasteiger partial charge >= 0.3 is 35.5 Å². The van der Waals surface area contributed by atoms with Gasteiger partial charge in [0.2, 0.25) is 5.69 Å². The number of hydrogen-bond donors (Lipinski definition) is 2. The van der Waals surface area contributed by atoms with Crippen molar-refractivity contribution >= 4 is 37.6 Å². The smallest absolute Gasteiger partial charge is 1.00 e. The molecule has 0 aliphatic carbocycles. The van der Waals surface area contributed by atoms with E-state index in [0.29, 0.717) is 24.1 Å². The van der Waals surface area contributed by atoms with Crippen molar-refractivity contribution in [2.45, 2.75) is 49.8 Å². The number of aliphatic carboxylic acids is 1. The van der Waals surface area contributed by atoms with Gasteiger partial charge in [-0.15, -0.1) is 0 Å². The molecule has 0 radical (unpaired) electrons. The van der Waals surface area contributed by atoms with Crippen LogP contribution in [0.1, 0.15) is 46.5 Å². The van der Waals surface area contributed by atoms with E-state index in [2.05, 4.69) is 0 Å². The molecule has 158 valence electrons. The second kappa shape index (κ2) is 9.54. The molecule has 9 nitrogen and oxygen atoms in total. The zero-order valence-corrected chi connectivity index (χ0v) is 20.2. The van der Waals surface area contributed by atoms with Crippen molar-refractivity contribution in [3.8, 4) is 0 Å². The minimum atomic E-state index is -4.66. The van der Waals surface area contributed by atoms with Gasteiger partial charge in [-0.2, -0.15) is 13.0 Å². The topological polar surface area (TPSA) is 152 Å². The maximum absolute atomic E-state index is 11.4. The van der Waals surface area contributed by atoms with Crippen LogP contribution in [-0.4, -0.2) is 59.6 Å². The number of carbonyl (C=O) groups is 1. The number of benzene rings is 1. The molecular formula is C17H24NNaO8S2. The van der Waals surface area contributed by atoms with Gasteiger partial charge in [-0.3, -0.25) is 9.35 Å². The fourth-order valence-corrected chi connectivity index (χ4v) is 4.61. The van der Waals surface area contributed by atoms with Crippen molar-refractivity contribution in [3.05, 3.63) is 23.8 Å². The molecule has 1 aromatic rings. The first-order valence-electron chi connectivity index (χ1n) is 8.65. The van der Waals surface area contributed by atoms with Crippen molar-refractivity contribution in [3.63, 3.8) is 0 Å². The van der Waals surface area contributed by atoms with Gasteiger partial charge in [-0.05, 0) is 31.9 Å². The molecule has 1 atom stereocenters. The standard InChI is InChI=1S/C17H23NO8S2.Na.H/c1-12-17(2,8-3-5-16(19)20)14-11-13(28(24,25)26)6-7-15(14)18(12)9-4-10-27(21,22)23;;/h6-7,11H,3-5,8-10H2,1-2H3,(H2-,19,20,21,22,23,24,25,26);;/q;+1;-1. The minimum absolute atomic E-state index is 0. The van der Waals surface area contributed by atoms with Crippen LogP contribution in [0.15, 0.2) is 23.1 Å². The molecule has 0 fully saturated rings. The van der Waals surface area contributed by atoms with Crippen molar-refractivity contribution in [2.75, 3.05) is 12.3 Å². The van der Waals surface area contributed by atoms with Crippen LogP contribution in [0.4, 0.5) is 5.69 Å². The van der Waals surface area contributed by atoms with E-state index in [1.54, 1.807) is 6.92 Å². The Morgan fingerprint density at radius 1 is 1.24 bits per heavy atom. The molecule has 1 aliphatic heterocycles. The summed E-state index contributed by atoms with van der Waals surface area (Å²) in [5, 5.41) is 8.91. The monoisotopic (exact) mass is 457 g/mol. The Morgan fingerprint density at radius 3 is 2.38 bits per heavy atom. The summed E-state index contributed by atoms with van der Waals surface area (Å²) in [7, 11) is -8.78. The third-order valence-electron chi connectivity index (χ3n) is 5.20. The zero-order chi connectivity index (χ0) is 21.3. The maximum atomic E-state index is 11.4. The summed E-state index contributed by atoms with van der Waals surface area (Å²) in [6.45, 7) is 3.91. The SMILES string of the molecule is CC1=[N+](CCCS(=O)(=O)O)c2ccc(S(=O)(=O)[O-])cc2C1(C)CCCC(=O)O.[H-].[Na+]. The third-order valence-corrected chi connectivity index (χ3v) is 6.83. The summed E-state index contributed by atoms with van der Waals surface area (Å²) >= 11 is 0. The van der Waals surface area contributed by atoms with Gasteiger partial charge in [0.1, 0.15) is 16.7 Å². The van der Waals surface area contributed by atoms with E-state index in [4.69, 9.17) is 9.66 Å². The quantitative estimate of drug-likeness (QED) is 0.261. The predicted molar refractivity (Wildman–Crippen MR) is 101 cm³/mol. The van der Waals surface area contributed by atoms with Gasteiger partial charge in [0, 0.05) is 31.4 Å². The van der Waals surface area contributed by atoms with Crippen LogP contribution in [0.25, 0.3) is 0 Å². The average molecular weight is 458 g/mol. The number of carboxylic acids is 1. The Kier molecular flexibility index (Phi) is 8.63. The zero-order valence-electron chi connectivity index (χ0n) is 17.6. The van der Waals surface area contributed by atoms with E-state index in [0.717, 1.165) is 5.71 Å². The first-order chi connectivity index (χ1) is 12.8. The largest absolute Gasteiger partial charge is 1.00 e. The number of fused-ring (bicyclic) bond motifs is 1. The maximum Gasteiger partial charge on any atom is 1.00 e. The summed E-state index contributed by atoms with van der Waals surface area (Å²) in [6.07, 6.45) is 0.841. The van der Waals surface area contributed by atoms with Gasteiger partial charge in [0.05, 0.1) is 16.1 Å². The number of rotatable bonds is 9. The summed E-state index contributed by atoms with van der Waals surface area (Å²) < 4.78 is 67.1. The van der Waals surface area contributed by atoms with E-state index in [1.807, 2.05) is 11.5 Å². The average Bonchev–Trinajstić information content (AvgIpc) is 2.74. The normalized spacial score (nSPS) is 19.0. The molecule has 1 aromatic carbocycles. The van der Waals surface area contributed by atoms with E-state index >= 15 is 0 Å². The second-order valence-electron chi connectivity index (χ2n) is 7.09. The van der Waals surface area contributed by atoms with Crippen LogP contribution in [0.2, 0.25) is 0 Å². The Hall–Kier alpha value is -0.820. The molecule has 0 saturated carbocycles. The molecule has 12 heteroatoms. The van der Waals surface area contributed by atoms with Crippen LogP contribution in [0, 0.1) is 0 Å². The second-order valence-corrected chi connectivity index (χ2v) is 10.0. The summed E-state index contributed by atoms with van der Waals surface area (Å²) in [5.41, 5.74) is 1.31. The van der Waals surface area contributed by atoms with Gasteiger partial charge < -0.3 is 11.1 Å². The minimum Gasteiger partial charge on any atom is -1.00 e. The predicted octanol–water partition coefficient (Wildman–Crippen LogP) is -1.38. The van der Waals surface area contributed by atoms with Crippen LogP contribution < -0.4 is 29.6 Å². The van der Waals surface area contributed by atoms with Crippen LogP contribution in [0.3, 0.4) is 0 Å². The van der Waals surface area contributed by atoms with Crippen molar-refractivity contribution in [1.82, 2.24) is 0 Å². The van der Waals surface area contributed by atoms with Crippen molar-refractivity contribution < 1.29 is 71.4 Å². The van der Waals surface area contributed by atoms with Crippen molar-refractivity contribution in [1.29, 1.82) is 0 Å². The van der Waals surface area contributed by atoms with Crippen LogP contribution >= 0.6 is 0 Å². The van der Waals surface area contributed by atoms with Gasteiger partial charge in [-0.25, -0.2) is 8.42 Å². The Morgan fingerprint density at radius 2 is 1.86 bits per heavy atom. The summed E-state index contributed by atoms with van der Waals surface area (Å²) in [5.74, 6) is -1.37. The number of nitrogens with zero attached hydrogens (tertiary/aromatic N) is 1. The molecule has 2 N–H and O–H groups in total. The summed E-state index contributed by atoms with van der Waals surface area (Å²) in [6, 6.07) is 4.01. The van der Waals surface area contributed by atoms with Gasteiger partial charge in [0.15, 0.2) is 5.71 Å². The number of carboxylic acid groups (broad SMARTS) is 1. The molecule has 0 aromatic heterocycles. The molecule has 1 aliphatic rings. The third kappa shape index (κ3) is 6.33. The van der Waals surface area contributed by atoms with E-state index in [9.17, 15) is 26.2 Å². The molecule has 2 rings (SSSR count). The molecule has 0 spiro atoms. The number of hydrogen-bond acceptors (Lipinski definition) is 6. The van der Waals surface area contributed by atoms with Crippen molar-refractivity contribution in [2.24, 2.45) is 0 Å². The summed E-state index contributed by atoms with van der Waals surface area (Å²) in [4.78, 5) is 10.5. The molecular weight excluding hydrogens is 433 g/mol.